The topological polar surface area (TPSA) is 53.9 Å². The molecule has 2 bridgehead atoms. The van der Waals surface area contributed by atoms with Crippen LogP contribution in [0.4, 0.5) is 10.5 Å². The molecule has 3 rings (SSSR count). The van der Waals surface area contributed by atoms with Gasteiger partial charge in [0.05, 0.1) is 10.7 Å². The van der Waals surface area contributed by atoms with Crippen LogP contribution in [0.3, 0.4) is 0 Å². The van der Waals surface area contributed by atoms with E-state index in [9.17, 15) is 4.79 Å². The molecule has 7 heteroatoms. The summed E-state index contributed by atoms with van der Waals surface area (Å²) in [5, 5.41) is 5.16. The summed E-state index contributed by atoms with van der Waals surface area (Å²) in [5.41, 5.74) is 4.45. The van der Waals surface area contributed by atoms with Crippen molar-refractivity contribution in [2.75, 3.05) is 5.43 Å². The number of amides is 1. The smallest absolute Gasteiger partial charge is 0.410 e. The second-order valence-electron chi connectivity index (χ2n) is 7.59. The zero-order chi connectivity index (χ0) is 18.2. The minimum Gasteiger partial charge on any atom is -0.444 e. The Morgan fingerprint density at radius 2 is 1.96 bits per heavy atom. The van der Waals surface area contributed by atoms with E-state index in [1.165, 1.54) is 0 Å². The minimum atomic E-state index is -0.467. The Morgan fingerprint density at radius 1 is 1.32 bits per heavy atom. The SMILES string of the molecule is CC(C)(C)OC(=O)N1C2CCC1CC(=NNc1ccc(Br)cc1Cl)C2. The van der Waals surface area contributed by atoms with Gasteiger partial charge in [0.25, 0.3) is 0 Å². The summed E-state index contributed by atoms with van der Waals surface area (Å²) in [6.07, 6.45) is 3.35. The predicted molar refractivity (Wildman–Crippen MR) is 104 cm³/mol. The highest BCUT2D eigenvalue weighted by atomic mass is 79.9. The van der Waals surface area contributed by atoms with Crippen molar-refractivity contribution in [3.05, 3.63) is 27.7 Å². The largest absolute Gasteiger partial charge is 0.444 e. The third kappa shape index (κ3) is 4.47. The number of fused-ring (bicyclic) bond motifs is 2. The molecule has 0 aromatic heterocycles. The molecule has 5 nitrogen and oxygen atoms in total. The average Bonchev–Trinajstić information content (AvgIpc) is 2.76. The summed E-state index contributed by atoms with van der Waals surface area (Å²) < 4.78 is 6.49. The molecular weight excluding hydrogens is 406 g/mol. The van der Waals surface area contributed by atoms with Gasteiger partial charge in [0.15, 0.2) is 0 Å². The monoisotopic (exact) mass is 427 g/mol. The third-order valence-corrected chi connectivity index (χ3v) is 5.24. The van der Waals surface area contributed by atoms with E-state index in [0.29, 0.717) is 5.02 Å². The van der Waals surface area contributed by atoms with Crippen LogP contribution in [0.5, 0.6) is 0 Å². The van der Waals surface area contributed by atoms with E-state index < -0.39 is 5.60 Å². The number of hydrogen-bond donors (Lipinski definition) is 1. The maximum Gasteiger partial charge on any atom is 0.410 e. The molecule has 1 amide bonds. The number of halogens is 2. The van der Waals surface area contributed by atoms with Gasteiger partial charge in [-0.2, -0.15) is 5.10 Å². The molecule has 2 heterocycles. The molecule has 1 N–H and O–H groups in total. The maximum absolute atomic E-state index is 12.5. The molecule has 2 saturated heterocycles. The number of piperidine rings is 1. The Balaban J connectivity index is 1.66. The first kappa shape index (κ1) is 18.5. The van der Waals surface area contributed by atoms with Gasteiger partial charge in [0.2, 0.25) is 0 Å². The highest BCUT2D eigenvalue weighted by Crippen LogP contribution is 2.36. The first-order valence-electron chi connectivity index (χ1n) is 8.51. The van der Waals surface area contributed by atoms with Crippen LogP contribution in [0, 0.1) is 0 Å². The van der Waals surface area contributed by atoms with Crippen LogP contribution in [0.1, 0.15) is 46.5 Å². The number of hydrogen-bond acceptors (Lipinski definition) is 4. The number of ether oxygens (including phenoxy) is 1. The lowest BCUT2D eigenvalue weighted by atomic mass is 10.0. The Hall–Kier alpha value is -1.27. The number of nitrogens with one attached hydrogen (secondary N) is 1. The van der Waals surface area contributed by atoms with Crippen LogP contribution in [-0.4, -0.2) is 34.4 Å². The fourth-order valence-electron chi connectivity index (χ4n) is 3.41. The Labute approximate surface area is 161 Å². The number of nitrogens with zero attached hydrogens (tertiary/aromatic N) is 2. The highest BCUT2D eigenvalue weighted by Gasteiger charge is 2.43. The van der Waals surface area contributed by atoms with Gasteiger partial charge in [0.1, 0.15) is 5.60 Å². The summed E-state index contributed by atoms with van der Waals surface area (Å²) in [6.45, 7) is 5.69. The number of hydrazone groups is 1. The Morgan fingerprint density at radius 3 is 2.52 bits per heavy atom. The van der Waals surface area contributed by atoms with Crippen LogP contribution in [-0.2, 0) is 4.74 Å². The van der Waals surface area contributed by atoms with E-state index in [4.69, 9.17) is 16.3 Å². The zero-order valence-corrected chi connectivity index (χ0v) is 17.0. The lowest BCUT2D eigenvalue weighted by Gasteiger charge is -2.36. The molecule has 0 saturated carbocycles. The van der Waals surface area contributed by atoms with Gasteiger partial charge >= 0.3 is 6.09 Å². The summed E-state index contributed by atoms with van der Waals surface area (Å²) >= 11 is 9.60. The quantitative estimate of drug-likeness (QED) is 0.639. The number of anilines is 1. The van der Waals surface area contributed by atoms with Crippen LogP contribution in [0.2, 0.25) is 5.02 Å². The van der Waals surface area contributed by atoms with Gasteiger partial charge in [0, 0.05) is 35.1 Å². The van der Waals surface area contributed by atoms with E-state index in [2.05, 4.69) is 26.5 Å². The molecule has 2 unspecified atom stereocenters. The predicted octanol–water partition coefficient (Wildman–Crippen LogP) is 5.43. The van der Waals surface area contributed by atoms with E-state index in [1.54, 1.807) is 0 Å². The summed E-state index contributed by atoms with van der Waals surface area (Å²) in [4.78, 5) is 14.4. The van der Waals surface area contributed by atoms with Gasteiger partial charge in [-0.05, 0) is 51.8 Å². The molecule has 2 fully saturated rings. The second kappa shape index (κ2) is 7.16. The number of carbonyl (C=O) groups is 1. The van der Waals surface area contributed by atoms with Crippen molar-refractivity contribution in [2.24, 2.45) is 5.10 Å². The van der Waals surface area contributed by atoms with E-state index in [-0.39, 0.29) is 18.2 Å². The van der Waals surface area contributed by atoms with Crippen LogP contribution in [0.25, 0.3) is 0 Å². The molecule has 2 atom stereocenters. The first-order valence-corrected chi connectivity index (χ1v) is 9.68. The molecule has 0 radical (unpaired) electrons. The minimum absolute atomic E-state index is 0.175. The second-order valence-corrected chi connectivity index (χ2v) is 8.92. The molecule has 136 valence electrons. The zero-order valence-electron chi connectivity index (χ0n) is 14.7. The van der Waals surface area contributed by atoms with Crippen LogP contribution >= 0.6 is 27.5 Å². The number of benzene rings is 1. The van der Waals surface area contributed by atoms with Gasteiger partial charge in [-0.1, -0.05) is 27.5 Å². The van der Waals surface area contributed by atoms with Crippen molar-refractivity contribution in [2.45, 2.75) is 64.1 Å². The summed E-state index contributed by atoms with van der Waals surface area (Å²) in [5.74, 6) is 0. The van der Waals surface area contributed by atoms with Gasteiger partial charge < -0.3 is 9.64 Å². The molecule has 25 heavy (non-hydrogen) atoms. The van der Waals surface area contributed by atoms with Crippen molar-refractivity contribution in [1.82, 2.24) is 4.90 Å². The molecule has 0 spiro atoms. The fourth-order valence-corrected chi connectivity index (χ4v) is 4.13. The Kier molecular flexibility index (Phi) is 5.30. The van der Waals surface area contributed by atoms with E-state index in [1.807, 2.05) is 43.9 Å². The Bertz CT molecular complexity index is 686. The third-order valence-electron chi connectivity index (χ3n) is 4.43. The highest BCUT2D eigenvalue weighted by molar-refractivity contribution is 9.10. The molecule has 1 aromatic rings. The van der Waals surface area contributed by atoms with Crippen molar-refractivity contribution < 1.29 is 9.53 Å². The van der Waals surface area contributed by atoms with Crippen molar-refractivity contribution in [1.29, 1.82) is 0 Å². The normalized spacial score (nSPS) is 22.8. The van der Waals surface area contributed by atoms with Gasteiger partial charge in [-0.15, -0.1) is 0 Å². The van der Waals surface area contributed by atoms with Crippen molar-refractivity contribution in [3.63, 3.8) is 0 Å². The summed E-state index contributed by atoms with van der Waals surface area (Å²) in [6, 6.07) is 5.99. The van der Waals surface area contributed by atoms with E-state index in [0.717, 1.165) is 41.6 Å². The molecule has 0 aliphatic carbocycles. The van der Waals surface area contributed by atoms with Crippen LogP contribution in [0.15, 0.2) is 27.8 Å². The van der Waals surface area contributed by atoms with Gasteiger partial charge in [-0.25, -0.2) is 4.79 Å². The standard InChI is InChI=1S/C18H23BrClN3O2/c1-18(2,3)25-17(24)23-13-5-6-14(23)10-12(9-13)21-22-16-7-4-11(19)8-15(16)20/h4,7-8,13-14,22H,5-6,9-10H2,1-3H3. The van der Waals surface area contributed by atoms with Crippen LogP contribution < -0.4 is 5.43 Å². The fraction of sp³-hybridized carbons (Fsp3) is 0.556. The lowest BCUT2D eigenvalue weighted by Crippen LogP contribution is -2.48. The maximum atomic E-state index is 12.5. The van der Waals surface area contributed by atoms with E-state index >= 15 is 0 Å². The first-order chi connectivity index (χ1) is 11.7. The molecule has 2 aliphatic heterocycles. The summed E-state index contributed by atoms with van der Waals surface area (Å²) in [7, 11) is 0. The molecule has 2 aliphatic rings. The van der Waals surface area contributed by atoms with Crippen molar-refractivity contribution >= 4 is 45.0 Å². The number of rotatable bonds is 2. The van der Waals surface area contributed by atoms with Crippen molar-refractivity contribution in [3.8, 4) is 0 Å². The molecule has 1 aromatic carbocycles. The molecular formula is C18H23BrClN3O2. The number of carbonyl (C=O) groups excluding carboxylic acids is 1. The average molecular weight is 429 g/mol. The van der Waals surface area contributed by atoms with Gasteiger partial charge in [-0.3, -0.25) is 5.43 Å². The lowest BCUT2D eigenvalue weighted by molar-refractivity contribution is 0.0138.